The van der Waals surface area contributed by atoms with Crippen molar-refractivity contribution in [3.05, 3.63) is 89.0 Å². The van der Waals surface area contributed by atoms with Gasteiger partial charge in [-0.1, -0.05) is 42.0 Å². The zero-order valence-corrected chi connectivity index (χ0v) is 14.7. The Morgan fingerprint density at radius 2 is 1.44 bits per heavy atom. The van der Waals surface area contributed by atoms with Crippen LogP contribution in [0.25, 0.3) is 0 Å². The molecule has 0 bridgehead atoms. The van der Waals surface area contributed by atoms with E-state index in [0.29, 0.717) is 11.3 Å². The molecule has 3 aromatic carbocycles. The summed E-state index contributed by atoms with van der Waals surface area (Å²) in [5.74, 6) is 1.23. The average molecular weight is 331 g/mol. The van der Waals surface area contributed by atoms with Gasteiger partial charge in [-0.3, -0.25) is 4.79 Å². The van der Waals surface area contributed by atoms with Crippen LogP contribution in [-0.2, 0) is 0 Å². The van der Waals surface area contributed by atoms with E-state index in [0.717, 1.165) is 22.6 Å². The molecule has 3 rings (SSSR count). The topological polar surface area (TPSA) is 38.3 Å². The Kier molecular flexibility index (Phi) is 4.85. The van der Waals surface area contributed by atoms with Crippen LogP contribution in [0.3, 0.4) is 0 Å². The Balaban J connectivity index is 1.80. The van der Waals surface area contributed by atoms with Crippen molar-refractivity contribution in [1.29, 1.82) is 0 Å². The van der Waals surface area contributed by atoms with Crippen molar-refractivity contribution in [2.75, 3.05) is 5.32 Å². The molecule has 3 heteroatoms. The van der Waals surface area contributed by atoms with Crippen LogP contribution in [0.1, 0.15) is 27.0 Å². The van der Waals surface area contributed by atoms with Crippen LogP contribution in [0.15, 0.2) is 66.7 Å². The number of benzene rings is 3. The summed E-state index contributed by atoms with van der Waals surface area (Å²) in [5, 5.41) is 3.02. The van der Waals surface area contributed by atoms with Crippen molar-refractivity contribution in [2.24, 2.45) is 0 Å². The van der Waals surface area contributed by atoms with Crippen molar-refractivity contribution in [3.63, 3.8) is 0 Å². The lowest BCUT2D eigenvalue weighted by Gasteiger charge is -2.13. The van der Waals surface area contributed by atoms with Crippen LogP contribution in [0.2, 0.25) is 0 Å². The quantitative estimate of drug-likeness (QED) is 0.670. The van der Waals surface area contributed by atoms with Crippen molar-refractivity contribution in [3.8, 4) is 11.5 Å². The van der Waals surface area contributed by atoms with Gasteiger partial charge in [0.2, 0.25) is 0 Å². The second-order valence-corrected chi connectivity index (χ2v) is 6.17. The van der Waals surface area contributed by atoms with Crippen LogP contribution >= 0.6 is 0 Å². The lowest BCUT2D eigenvalue weighted by molar-refractivity contribution is 0.102. The maximum atomic E-state index is 12.6. The van der Waals surface area contributed by atoms with E-state index in [-0.39, 0.29) is 5.91 Å². The van der Waals surface area contributed by atoms with Crippen LogP contribution in [-0.4, -0.2) is 5.91 Å². The number of amides is 1. The molecular weight excluding hydrogens is 310 g/mol. The molecule has 3 aromatic rings. The first-order valence-corrected chi connectivity index (χ1v) is 8.25. The van der Waals surface area contributed by atoms with E-state index in [2.05, 4.69) is 24.4 Å². The maximum absolute atomic E-state index is 12.6. The number of nitrogens with one attached hydrogen (secondary N) is 1. The predicted molar refractivity (Wildman–Crippen MR) is 102 cm³/mol. The summed E-state index contributed by atoms with van der Waals surface area (Å²) >= 11 is 0. The Labute approximate surface area is 148 Å². The van der Waals surface area contributed by atoms with Crippen LogP contribution in [0.5, 0.6) is 11.5 Å². The van der Waals surface area contributed by atoms with Gasteiger partial charge in [0.1, 0.15) is 11.5 Å². The molecule has 0 radical (unpaired) electrons. The van der Waals surface area contributed by atoms with E-state index >= 15 is 0 Å². The molecule has 0 atom stereocenters. The smallest absolute Gasteiger partial charge is 0.255 e. The minimum Gasteiger partial charge on any atom is -0.457 e. The molecule has 0 fully saturated rings. The molecule has 0 saturated heterocycles. The van der Waals surface area contributed by atoms with Crippen LogP contribution < -0.4 is 10.1 Å². The molecular formula is C22H21NO2. The monoisotopic (exact) mass is 331 g/mol. The van der Waals surface area contributed by atoms with Crippen molar-refractivity contribution in [1.82, 2.24) is 0 Å². The number of ether oxygens (including phenoxy) is 1. The van der Waals surface area contributed by atoms with Crippen molar-refractivity contribution in [2.45, 2.75) is 20.8 Å². The summed E-state index contributed by atoms with van der Waals surface area (Å²) in [6, 6.07) is 20.8. The largest absolute Gasteiger partial charge is 0.457 e. The van der Waals surface area contributed by atoms with Gasteiger partial charge >= 0.3 is 0 Å². The molecule has 0 aromatic heterocycles. The number of para-hydroxylation sites is 1. The Morgan fingerprint density at radius 3 is 2.12 bits per heavy atom. The van der Waals surface area contributed by atoms with E-state index in [1.165, 1.54) is 5.56 Å². The normalized spacial score (nSPS) is 10.4. The second kappa shape index (κ2) is 7.22. The SMILES string of the molecule is Cc1cc(C)c(NC(=O)c2cccc(Oc3ccccc3)c2)c(C)c1. The summed E-state index contributed by atoms with van der Waals surface area (Å²) in [6.07, 6.45) is 0. The van der Waals surface area contributed by atoms with E-state index < -0.39 is 0 Å². The fraction of sp³-hybridized carbons (Fsp3) is 0.136. The number of carbonyl (C=O) groups excluding carboxylic acids is 1. The van der Waals surface area contributed by atoms with Crippen LogP contribution in [0.4, 0.5) is 5.69 Å². The molecule has 0 spiro atoms. The van der Waals surface area contributed by atoms with Crippen molar-refractivity contribution < 1.29 is 9.53 Å². The standard InChI is InChI=1S/C22H21NO2/c1-15-12-16(2)21(17(3)13-15)23-22(24)18-8-7-11-20(14-18)25-19-9-5-4-6-10-19/h4-14H,1-3H3,(H,23,24). The number of hydrogen-bond donors (Lipinski definition) is 1. The van der Waals surface area contributed by atoms with E-state index in [9.17, 15) is 4.79 Å². The molecule has 0 saturated carbocycles. The van der Waals surface area contributed by atoms with Gasteiger partial charge in [0, 0.05) is 11.3 Å². The first kappa shape index (κ1) is 16.8. The highest BCUT2D eigenvalue weighted by Gasteiger charge is 2.11. The van der Waals surface area contributed by atoms with Gasteiger partial charge in [-0.05, 0) is 62.2 Å². The highest BCUT2D eigenvalue weighted by molar-refractivity contribution is 6.05. The van der Waals surface area contributed by atoms with E-state index in [1.54, 1.807) is 12.1 Å². The van der Waals surface area contributed by atoms with Gasteiger partial charge in [-0.15, -0.1) is 0 Å². The molecule has 0 aliphatic rings. The minimum atomic E-state index is -0.145. The first-order valence-electron chi connectivity index (χ1n) is 8.25. The summed E-state index contributed by atoms with van der Waals surface area (Å²) in [7, 11) is 0. The average Bonchev–Trinajstić information content (AvgIpc) is 2.59. The Morgan fingerprint density at radius 1 is 0.800 bits per heavy atom. The summed E-state index contributed by atoms with van der Waals surface area (Å²) in [6.45, 7) is 6.06. The van der Waals surface area contributed by atoms with Crippen molar-refractivity contribution >= 4 is 11.6 Å². The molecule has 3 nitrogen and oxygen atoms in total. The fourth-order valence-electron chi connectivity index (χ4n) is 2.89. The van der Waals surface area contributed by atoms with E-state index in [1.807, 2.05) is 56.3 Å². The second-order valence-electron chi connectivity index (χ2n) is 6.17. The van der Waals surface area contributed by atoms with Gasteiger partial charge < -0.3 is 10.1 Å². The zero-order valence-electron chi connectivity index (χ0n) is 14.7. The molecule has 0 heterocycles. The molecule has 25 heavy (non-hydrogen) atoms. The first-order chi connectivity index (χ1) is 12.0. The third kappa shape index (κ3) is 4.07. The predicted octanol–water partition coefficient (Wildman–Crippen LogP) is 5.66. The summed E-state index contributed by atoms with van der Waals surface area (Å²) in [4.78, 5) is 12.6. The highest BCUT2D eigenvalue weighted by Crippen LogP contribution is 2.25. The van der Waals surface area contributed by atoms with Crippen LogP contribution in [0, 0.1) is 20.8 Å². The van der Waals surface area contributed by atoms with Gasteiger partial charge in [0.05, 0.1) is 0 Å². The zero-order chi connectivity index (χ0) is 17.8. The molecule has 0 aliphatic heterocycles. The lowest BCUT2D eigenvalue weighted by Crippen LogP contribution is -2.14. The van der Waals surface area contributed by atoms with E-state index in [4.69, 9.17) is 4.74 Å². The Hall–Kier alpha value is -3.07. The minimum absolute atomic E-state index is 0.145. The molecule has 1 amide bonds. The van der Waals surface area contributed by atoms with Gasteiger partial charge in [-0.2, -0.15) is 0 Å². The fourth-order valence-corrected chi connectivity index (χ4v) is 2.89. The number of anilines is 1. The van der Waals surface area contributed by atoms with Gasteiger partial charge in [0.25, 0.3) is 5.91 Å². The van der Waals surface area contributed by atoms with Gasteiger partial charge in [-0.25, -0.2) is 0 Å². The lowest BCUT2D eigenvalue weighted by atomic mass is 10.0. The number of aryl methyl sites for hydroxylation is 3. The number of hydrogen-bond acceptors (Lipinski definition) is 2. The van der Waals surface area contributed by atoms with Gasteiger partial charge in [0.15, 0.2) is 0 Å². The maximum Gasteiger partial charge on any atom is 0.255 e. The third-order valence-electron chi connectivity index (χ3n) is 3.99. The highest BCUT2D eigenvalue weighted by atomic mass is 16.5. The number of rotatable bonds is 4. The molecule has 1 N–H and O–H groups in total. The third-order valence-corrected chi connectivity index (χ3v) is 3.99. The Bertz CT molecular complexity index is 878. The molecule has 0 unspecified atom stereocenters. The summed E-state index contributed by atoms with van der Waals surface area (Å²) < 4.78 is 5.80. The molecule has 0 aliphatic carbocycles. The number of carbonyl (C=O) groups is 1. The summed E-state index contributed by atoms with van der Waals surface area (Å²) in [5.41, 5.74) is 4.73. The molecule has 126 valence electrons.